The second-order valence-corrected chi connectivity index (χ2v) is 4.14. The number of ketones is 2. The molecule has 0 aromatic carbocycles. The fourth-order valence-corrected chi connectivity index (χ4v) is 1.46. The van der Waals surface area contributed by atoms with Gasteiger partial charge in [-0.05, 0) is 27.1 Å². The molecule has 0 saturated carbocycles. The quantitative estimate of drug-likeness (QED) is 0.385. The minimum Gasteiger partial charge on any atom is -0.504 e. The minimum atomic E-state index is -0.614. The number of aliphatic hydroxyl groups is 1. The van der Waals surface area contributed by atoms with Gasteiger partial charge < -0.3 is 15.0 Å². The smallest absolute Gasteiger partial charge is 0.244 e. The summed E-state index contributed by atoms with van der Waals surface area (Å²) in [6, 6.07) is 0. The summed E-state index contributed by atoms with van der Waals surface area (Å²) in [4.78, 5) is 24.7. The first-order valence-electron chi connectivity index (χ1n) is 5.30. The monoisotopic (exact) mass is 239 g/mol. The van der Waals surface area contributed by atoms with Crippen molar-refractivity contribution in [2.24, 2.45) is 5.84 Å². The van der Waals surface area contributed by atoms with Crippen molar-refractivity contribution >= 4 is 11.6 Å². The van der Waals surface area contributed by atoms with Gasteiger partial charge in [0.05, 0.1) is 0 Å². The number of nitrogens with zero attached hydrogens (tertiary/aromatic N) is 2. The topological polar surface area (TPSA) is 86.9 Å². The van der Waals surface area contributed by atoms with Crippen LogP contribution in [0.1, 0.15) is 6.42 Å². The molecule has 0 fully saturated rings. The van der Waals surface area contributed by atoms with Crippen molar-refractivity contribution in [2.45, 2.75) is 6.42 Å². The molecule has 0 saturated heterocycles. The maximum atomic E-state index is 11.5. The Kier molecular flexibility index (Phi) is 4.42. The molecule has 0 aromatic heterocycles. The van der Waals surface area contributed by atoms with Crippen LogP contribution in [-0.4, -0.2) is 53.8 Å². The molecular weight excluding hydrogens is 222 g/mol. The lowest BCUT2D eigenvalue weighted by Crippen LogP contribution is -2.38. The van der Waals surface area contributed by atoms with Crippen molar-refractivity contribution in [3.63, 3.8) is 0 Å². The lowest BCUT2D eigenvalue weighted by atomic mass is 10.1. The SMILES string of the molecule is CN(C)CCCN(N)C1=CC(=O)C=C(O)C1=O. The molecule has 0 unspecified atom stereocenters. The number of hydrogen-bond donors (Lipinski definition) is 2. The van der Waals surface area contributed by atoms with Crippen LogP contribution in [0.25, 0.3) is 0 Å². The third-order valence-electron chi connectivity index (χ3n) is 2.34. The number of hydrazine groups is 1. The molecule has 6 nitrogen and oxygen atoms in total. The number of Topliss-reactive ketones (excluding diaryl/α,β-unsaturated/α-hetero) is 1. The Morgan fingerprint density at radius 1 is 1.24 bits per heavy atom. The van der Waals surface area contributed by atoms with Gasteiger partial charge in [-0.1, -0.05) is 0 Å². The molecule has 17 heavy (non-hydrogen) atoms. The predicted molar refractivity (Wildman–Crippen MR) is 62.9 cm³/mol. The van der Waals surface area contributed by atoms with Crippen LogP contribution in [-0.2, 0) is 9.59 Å². The zero-order chi connectivity index (χ0) is 13.0. The van der Waals surface area contributed by atoms with Crippen LogP contribution < -0.4 is 5.84 Å². The molecule has 0 radical (unpaired) electrons. The van der Waals surface area contributed by atoms with Gasteiger partial charge in [-0.15, -0.1) is 0 Å². The van der Waals surface area contributed by atoms with Crippen LogP contribution in [0.2, 0.25) is 0 Å². The molecule has 1 aliphatic carbocycles. The molecule has 0 amide bonds. The largest absolute Gasteiger partial charge is 0.504 e. The van der Waals surface area contributed by atoms with Crippen molar-refractivity contribution in [1.29, 1.82) is 0 Å². The van der Waals surface area contributed by atoms with Gasteiger partial charge in [0.1, 0.15) is 5.70 Å². The van der Waals surface area contributed by atoms with Gasteiger partial charge in [0, 0.05) is 18.7 Å². The van der Waals surface area contributed by atoms with Crippen LogP contribution >= 0.6 is 0 Å². The van der Waals surface area contributed by atoms with Gasteiger partial charge in [-0.3, -0.25) is 9.59 Å². The van der Waals surface area contributed by atoms with E-state index in [1.54, 1.807) is 0 Å². The van der Waals surface area contributed by atoms with Gasteiger partial charge in [-0.2, -0.15) is 0 Å². The van der Waals surface area contributed by atoms with Crippen molar-refractivity contribution in [2.75, 3.05) is 27.2 Å². The summed E-state index contributed by atoms with van der Waals surface area (Å²) < 4.78 is 0. The highest BCUT2D eigenvalue weighted by atomic mass is 16.3. The summed E-state index contributed by atoms with van der Waals surface area (Å²) >= 11 is 0. The van der Waals surface area contributed by atoms with E-state index in [1.807, 2.05) is 19.0 Å². The Morgan fingerprint density at radius 3 is 2.47 bits per heavy atom. The average molecular weight is 239 g/mol. The maximum Gasteiger partial charge on any atom is 0.244 e. The number of carbonyl (C=O) groups excluding carboxylic acids is 2. The third-order valence-corrected chi connectivity index (χ3v) is 2.34. The normalized spacial score (nSPS) is 16.0. The summed E-state index contributed by atoms with van der Waals surface area (Å²) in [5.41, 5.74) is 0.0359. The van der Waals surface area contributed by atoms with Crippen LogP contribution in [0.5, 0.6) is 0 Å². The lowest BCUT2D eigenvalue weighted by molar-refractivity contribution is -0.118. The molecule has 0 spiro atoms. The highest BCUT2D eigenvalue weighted by Crippen LogP contribution is 2.12. The zero-order valence-electron chi connectivity index (χ0n) is 10.0. The highest BCUT2D eigenvalue weighted by molar-refractivity contribution is 6.18. The van der Waals surface area contributed by atoms with E-state index in [9.17, 15) is 14.7 Å². The second-order valence-electron chi connectivity index (χ2n) is 4.14. The molecule has 0 atom stereocenters. The second kappa shape index (κ2) is 5.60. The molecule has 0 aliphatic heterocycles. The van der Waals surface area contributed by atoms with Crippen molar-refractivity contribution in [1.82, 2.24) is 9.91 Å². The van der Waals surface area contributed by atoms with Gasteiger partial charge in [0.2, 0.25) is 5.78 Å². The van der Waals surface area contributed by atoms with Crippen LogP contribution in [0.4, 0.5) is 0 Å². The summed E-state index contributed by atoms with van der Waals surface area (Å²) in [6.07, 6.45) is 2.78. The fourth-order valence-electron chi connectivity index (χ4n) is 1.46. The number of nitrogens with two attached hydrogens (primary N) is 1. The van der Waals surface area contributed by atoms with E-state index in [0.29, 0.717) is 6.54 Å². The van der Waals surface area contributed by atoms with Crippen LogP contribution in [0, 0.1) is 0 Å². The third kappa shape index (κ3) is 3.69. The molecule has 6 heteroatoms. The molecule has 0 heterocycles. The molecule has 1 rings (SSSR count). The Morgan fingerprint density at radius 2 is 1.88 bits per heavy atom. The van der Waals surface area contributed by atoms with E-state index in [0.717, 1.165) is 25.1 Å². The van der Waals surface area contributed by atoms with E-state index in [-0.39, 0.29) is 5.70 Å². The first-order chi connectivity index (χ1) is 7.91. The number of allylic oxidation sites excluding steroid dienone is 2. The minimum absolute atomic E-state index is 0.0359. The molecule has 94 valence electrons. The number of carbonyl (C=O) groups is 2. The van der Waals surface area contributed by atoms with Gasteiger partial charge in [0.15, 0.2) is 11.5 Å². The first kappa shape index (κ1) is 13.4. The fraction of sp³-hybridized carbons (Fsp3) is 0.455. The molecule has 0 aromatic rings. The standard InChI is InChI=1S/C11H17N3O3/c1-13(2)4-3-5-14(12)9-6-8(15)7-10(16)11(9)17/h6-7,16H,3-5,12H2,1-2H3. The van der Waals surface area contributed by atoms with E-state index >= 15 is 0 Å². The number of rotatable bonds is 5. The molecule has 1 aliphatic rings. The van der Waals surface area contributed by atoms with Crippen molar-refractivity contribution < 1.29 is 14.7 Å². The Labute approximate surface area is 100.0 Å². The first-order valence-corrected chi connectivity index (χ1v) is 5.30. The molecular formula is C11H17N3O3. The zero-order valence-corrected chi connectivity index (χ0v) is 10.0. The molecule has 3 N–H and O–H groups in total. The summed E-state index contributed by atoms with van der Waals surface area (Å²) in [7, 11) is 3.87. The van der Waals surface area contributed by atoms with E-state index in [4.69, 9.17) is 5.84 Å². The summed E-state index contributed by atoms with van der Waals surface area (Å²) in [5, 5.41) is 10.4. The lowest BCUT2D eigenvalue weighted by Gasteiger charge is -2.22. The highest BCUT2D eigenvalue weighted by Gasteiger charge is 2.24. The molecule has 0 bridgehead atoms. The Balaban J connectivity index is 2.60. The number of aliphatic hydroxyl groups excluding tert-OH is 1. The maximum absolute atomic E-state index is 11.5. The average Bonchev–Trinajstić information content (AvgIpc) is 2.22. The predicted octanol–water partition coefficient (Wildman–Crippen LogP) is -0.409. The van der Waals surface area contributed by atoms with Gasteiger partial charge in [-0.25, -0.2) is 5.84 Å². The van der Waals surface area contributed by atoms with Gasteiger partial charge >= 0.3 is 0 Å². The van der Waals surface area contributed by atoms with E-state index in [2.05, 4.69) is 0 Å². The summed E-state index contributed by atoms with van der Waals surface area (Å²) in [6.45, 7) is 1.27. The van der Waals surface area contributed by atoms with Crippen LogP contribution in [0.15, 0.2) is 23.6 Å². The van der Waals surface area contributed by atoms with Gasteiger partial charge in [0.25, 0.3) is 0 Å². The van der Waals surface area contributed by atoms with E-state index < -0.39 is 17.3 Å². The Bertz CT molecular complexity index is 385. The number of hydrogen-bond acceptors (Lipinski definition) is 6. The Hall–Kier alpha value is -1.66. The van der Waals surface area contributed by atoms with E-state index in [1.165, 1.54) is 5.01 Å². The summed E-state index contributed by atoms with van der Waals surface area (Å²) in [5.74, 6) is 4.08. The van der Waals surface area contributed by atoms with Crippen LogP contribution in [0.3, 0.4) is 0 Å². The van der Waals surface area contributed by atoms with Crippen molar-refractivity contribution in [3.8, 4) is 0 Å². The van der Waals surface area contributed by atoms with Crippen molar-refractivity contribution in [3.05, 3.63) is 23.6 Å².